The van der Waals surface area contributed by atoms with Gasteiger partial charge in [-0.25, -0.2) is 23.5 Å². The summed E-state index contributed by atoms with van der Waals surface area (Å²) in [4.78, 5) is 57.0. The van der Waals surface area contributed by atoms with Crippen LogP contribution in [0, 0.1) is 36.5 Å². The number of aromatic amines is 2. The first kappa shape index (κ1) is 59.0. The molecule has 2 unspecified atom stereocenters. The average Bonchev–Trinajstić information content (AvgIpc) is 4.22. The molecule has 0 aliphatic carbocycles. The van der Waals surface area contributed by atoms with Gasteiger partial charge in [0, 0.05) is 55.0 Å². The lowest BCUT2D eigenvalue weighted by molar-refractivity contribution is -0.152. The Hall–Kier alpha value is -6.10. The molecule has 3 aliphatic rings. The summed E-state index contributed by atoms with van der Waals surface area (Å²) in [6, 6.07) is 28.0. The van der Waals surface area contributed by atoms with Crippen LogP contribution in [0.2, 0.25) is 0 Å². The number of nitriles is 2. The number of hydrogen-bond acceptors (Lipinski definition) is 17. The SMILES string of the molecule is COc1ccc(C(O[C@@H]2CCN(P(=O)(OCCC#N)OC[C@H]3O[C@@H](n4cc(C)c(=O)[nH]c4=O)C[C@@H]3OP(OCCC#N)N(C(C)C)C(C)C)[C@H]3C[C@H](n4cc(C)c(=O)[nH]c4=O)O[C@H]23)(c2ccccc2)c2ccc(OC)cc2)cc1. The Balaban J connectivity index is 1.20. The Morgan fingerprint density at radius 3 is 1.80 bits per heavy atom. The summed E-state index contributed by atoms with van der Waals surface area (Å²) in [5, 5.41) is 19.2. The van der Waals surface area contributed by atoms with Crippen LogP contribution >= 0.6 is 16.3 Å². The maximum atomic E-state index is 16.1. The highest BCUT2D eigenvalue weighted by Crippen LogP contribution is 2.59. The van der Waals surface area contributed by atoms with E-state index in [4.69, 9.17) is 41.8 Å². The van der Waals surface area contributed by atoms with Crippen LogP contribution in [0.1, 0.15) is 100 Å². The lowest BCUT2D eigenvalue weighted by atomic mass is 9.79. The minimum absolute atomic E-state index is 0.0251. The molecule has 79 heavy (non-hydrogen) atoms. The standard InChI is InChI=1S/C55H68N8O14P2/c1-35(2)63(36(3)4)78(71-28-12-25-56)77-46-31-49(61-33-38(6)52(65)59-54(61)67)74-47(46)34-73-79(68,72-29-13-26-57)62-27-24-45(50-44(62)30-48(75-50)60-32-37(5)51(64)58-53(60)66)76-55(39-14-10-9-11-15-39,40-16-20-42(69-7)21-17-40)41-18-22-43(70-8)23-19-41/h9-11,14-23,32-33,35-36,44-50H,12-13,24,27-31,34H2,1-8H3,(H,58,64,66)(H,59,65,67)/t44-,45+,46-,47+,48+,49+,50-,78?,79?/m0/s1. The first-order valence-electron chi connectivity index (χ1n) is 26.2. The molecule has 0 bridgehead atoms. The molecule has 3 fully saturated rings. The fourth-order valence-electron chi connectivity index (χ4n) is 10.5. The van der Waals surface area contributed by atoms with Gasteiger partial charge in [0.15, 0.2) is 0 Å². The third kappa shape index (κ3) is 12.9. The van der Waals surface area contributed by atoms with Crippen LogP contribution < -0.4 is 32.0 Å². The number of ether oxygens (including phenoxy) is 5. The van der Waals surface area contributed by atoms with E-state index in [-0.39, 0.29) is 75.1 Å². The zero-order valence-corrected chi connectivity index (χ0v) is 47.3. The quantitative estimate of drug-likeness (QED) is 0.0345. The van der Waals surface area contributed by atoms with E-state index >= 15 is 4.57 Å². The highest BCUT2D eigenvalue weighted by molar-refractivity contribution is 7.51. The number of nitrogens with zero attached hydrogens (tertiary/aromatic N) is 6. The minimum Gasteiger partial charge on any atom is -0.497 e. The van der Waals surface area contributed by atoms with Gasteiger partial charge in [0.05, 0.1) is 77.3 Å². The number of aryl methyl sites for hydroxylation is 2. The summed E-state index contributed by atoms with van der Waals surface area (Å²) in [5.74, 6) is 1.25. The summed E-state index contributed by atoms with van der Waals surface area (Å²) in [6.07, 6.45) is -2.68. The van der Waals surface area contributed by atoms with Gasteiger partial charge in [0.1, 0.15) is 41.8 Å². The molecule has 3 aromatic carbocycles. The second kappa shape index (κ2) is 26.0. The fraction of sp³-hybridized carbons (Fsp3) is 0.491. The van der Waals surface area contributed by atoms with Crippen LogP contribution in [0.4, 0.5) is 0 Å². The van der Waals surface area contributed by atoms with Crippen LogP contribution in [0.5, 0.6) is 11.5 Å². The summed E-state index contributed by atoms with van der Waals surface area (Å²) >= 11 is 0. The predicted octanol–water partition coefficient (Wildman–Crippen LogP) is 7.46. The molecule has 2 aromatic heterocycles. The molecule has 5 heterocycles. The molecule has 9 atom stereocenters. The molecular formula is C55H68N8O14P2. The third-order valence-corrected chi connectivity index (χ3v) is 18.5. The van der Waals surface area contributed by atoms with Crippen molar-refractivity contribution >= 4 is 16.3 Å². The van der Waals surface area contributed by atoms with E-state index < -0.39 is 93.9 Å². The van der Waals surface area contributed by atoms with Crippen LogP contribution in [0.3, 0.4) is 0 Å². The van der Waals surface area contributed by atoms with Gasteiger partial charge >= 0.3 is 19.1 Å². The molecule has 2 N–H and O–H groups in total. The fourth-order valence-corrected chi connectivity index (χ4v) is 14.2. The number of fused-ring (bicyclic) bond motifs is 1. The monoisotopic (exact) mass is 1130 g/mol. The largest absolute Gasteiger partial charge is 0.497 e. The maximum absolute atomic E-state index is 16.1. The summed E-state index contributed by atoms with van der Waals surface area (Å²) < 4.78 is 80.6. The van der Waals surface area contributed by atoms with Crippen LogP contribution in [0.15, 0.2) is 110 Å². The van der Waals surface area contributed by atoms with Gasteiger partial charge in [-0.3, -0.25) is 37.7 Å². The molecule has 3 saturated heterocycles. The topological polar surface area (TPSA) is 264 Å². The zero-order chi connectivity index (χ0) is 56.6. The van der Waals surface area contributed by atoms with E-state index in [1.165, 1.54) is 21.5 Å². The van der Waals surface area contributed by atoms with E-state index in [1.807, 2.05) is 111 Å². The molecular weight excluding hydrogens is 1060 g/mol. The van der Waals surface area contributed by atoms with Crippen LogP contribution in [-0.4, -0.2) is 112 Å². The second-order valence-corrected chi connectivity index (χ2v) is 23.4. The van der Waals surface area contributed by atoms with E-state index in [9.17, 15) is 29.7 Å². The van der Waals surface area contributed by atoms with Crippen molar-refractivity contribution in [1.29, 1.82) is 10.5 Å². The van der Waals surface area contributed by atoms with E-state index in [0.717, 1.165) is 16.7 Å². The first-order chi connectivity index (χ1) is 37.9. The van der Waals surface area contributed by atoms with Gasteiger partial charge < -0.3 is 32.7 Å². The first-order valence-corrected chi connectivity index (χ1v) is 28.8. The van der Waals surface area contributed by atoms with E-state index in [1.54, 1.807) is 32.7 Å². The van der Waals surface area contributed by atoms with Crippen molar-refractivity contribution in [3.8, 4) is 23.6 Å². The third-order valence-electron chi connectivity index (χ3n) is 14.2. The zero-order valence-electron chi connectivity index (χ0n) is 45.5. The van der Waals surface area contributed by atoms with E-state index in [0.29, 0.717) is 11.5 Å². The van der Waals surface area contributed by atoms with Gasteiger partial charge in [-0.2, -0.15) is 10.5 Å². The van der Waals surface area contributed by atoms with Gasteiger partial charge in [0.2, 0.25) is 0 Å². The highest BCUT2D eigenvalue weighted by atomic mass is 31.2. The molecule has 0 amide bonds. The molecule has 3 aliphatic heterocycles. The Kier molecular flexibility index (Phi) is 19.4. The summed E-state index contributed by atoms with van der Waals surface area (Å²) in [6.45, 7) is 10.5. The summed E-state index contributed by atoms with van der Waals surface area (Å²) in [7, 11) is -3.26. The van der Waals surface area contributed by atoms with Crippen molar-refractivity contribution in [3.05, 3.63) is 161 Å². The number of methoxy groups -OCH3 is 2. The summed E-state index contributed by atoms with van der Waals surface area (Å²) in [5.41, 5.74) is -1.10. The molecule has 8 rings (SSSR count). The minimum atomic E-state index is -4.56. The molecule has 22 nitrogen and oxygen atoms in total. The number of aromatic nitrogens is 4. The molecule has 0 spiro atoms. The second-order valence-electron chi connectivity index (χ2n) is 20.0. The smallest absolute Gasteiger partial charge is 0.408 e. The van der Waals surface area contributed by atoms with Gasteiger partial charge in [-0.05, 0) is 88.9 Å². The van der Waals surface area contributed by atoms with Crippen molar-refractivity contribution in [2.75, 3.05) is 40.6 Å². The predicted molar refractivity (Wildman–Crippen MR) is 291 cm³/mol. The Morgan fingerprint density at radius 2 is 1.27 bits per heavy atom. The van der Waals surface area contributed by atoms with Crippen molar-refractivity contribution in [1.82, 2.24) is 28.4 Å². The van der Waals surface area contributed by atoms with Crippen molar-refractivity contribution < 1.29 is 46.3 Å². The molecule has 0 radical (unpaired) electrons. The Morgan fingerprint density at radius 1 is 0.734 bits per heavy atom. The van der Waals surface area contributed by atoms with Crippen LogP contribution in [-0.2, 0) is 42.5 Å². The van der Waals surface area contributed by atoms with Crippen LogP contribution in [0.25, 0.3) is 0 Å². The number of H-pyrrole nitrogens is 2. The van der Waals surface area contributed by atoms with Crippen molar-refractivity contribution in [2.24, 2.45) is 0 Å². The number of nitrogens with one attached hydrogen (secondary N) is 2. The molecule has 0 saturated carbocycles. The highest BCUT2D eigenvalue weighted by Gasteiger charge is 2.56. The number of piperidine rings is 1. The normalized spacial score (nSPS) is 22.6. The lowest BCUT2D eigenvalue weighted by Crippen LogP contribution is -2.54. The lowest BCUT2D eigenvalue weighted by Gasteiger charge is -2.46. The number of hydrogen-bond donors (Lipinski definition) is 2. The molecule has 5 aromatic rings. The van der Waals surface area contributed by atoms with Gasteiger partial charge in [-0.1, -0.05) is 54.6 Å². The number of benzene rings is 3. The molecule has 422 valence electrons. The average molecular weight is 1130 g/mol. The molecule has 24 heteroatoms. The Labute approximate surface area is 459 Å². The maximum Gasteiger partial charge on any atom is 0.408 e. The number of rotatable bonds is 24. The van der Waals surface area contributed by atoms with E-state index in [2.05, 4.69) is 22.1 Å². The van der Waals surface area contributed by atoms with Gasteiger partial charge in [0.25, 0.3) is 19.6 Å². The Bertz CT molecular complexity index is 3190. The van der Waals surface area contributed by atoms with Crippen molar-refractivity contribution in [3.63, 3.8) is 0 Å². The van der Waals surface area contributed by atoms with Crippen molar-refractivity contribution in [2.45, 2.75) is 134 Å². The van der Waals surface area contributed by atoms with Gasteiger partial charge in [-0.15, -0.1) is 0 Å².